The van der Waals surface area contributed by atoms with Crippen LogP contribution in [0.4, 0.5) is 0 Å². The van der Waals surface area contributed by atoms with Crippen molar-refractivity contribution in [2.24, 2.45) is 0 Å². The molecular formula is C14H24CoN8O4-4. The zero-order valence-corrected chi connectivity index (χ0v) is 16.1. The zero-order valence-electron chi connectivity index (χ0n) is 15.0. The van der Waals surface area contributed by atoms with E-state index in [0.29, 0.717) is 0 Å². The molecule has 0 aromatic rings. The maximum absolute atomic E-state index is 11.7. The Labute approximate surface area is 168 Å². The summed E-state index contributed by atoms with van der Waals surface area (Å²) >= 11 is 0. The van der Waals surface area contributed by atoms with Crippen molar-refractivity contribution in [2.45, 2.75) is 11.1 Å². The summed E-state index contributed by atoms with van der Waals surface area (Å²) in [6.07, 6.45) is 0. The van der Waals surface area contributed by atoms with Crippen molar-refractivity contribution in [3.8, 4) is 0 Å². The molecule has 0 amide bonds. The average molecular weight is 427 g/mol. The molecule has 0 unspecified atom stereocenters. The van der Waals surface area contributed by atoms with Crippen LogP contribution in [0.3, 0.4) is 0 Å². The summed E-state index contributed by atoms with van der Waals surface area (Å²) in [6, 6.07) is 0. The predicted molar refractivity (Wildman–Crippen MR) is 98.0 cm³/mol. The topological polar surface area (TPSA) is 171 Å². The van der Waals surface area contributed by atoms with Crippen LogP contribution in [-0.2, 0) is 16.8 Å². The molecule has 3 saturated heterocycles. The minimum Gasteiger partial charge on any atom is -0.658 e. The summed E-state index contributed by atoms with van der Waals surface area (Å²) in [7, 11) is 0. The smallest absolute Gasteiger partial charge is 0.658 e. The molecular weight excluding hydrogens is 403 g/mol. The van der Waals surface area contributed by atoms with E-state index in [1.165, 1.54) is 0 Å². The quantitative estimate of drug-likeness (QED) is 0.478. The fourth-order valence-corrected chi connectivity index (χ4v) is 2.79. The Morgan fingerprint density at radius 1 is 0.519 bits per heavy atom. The molecule has 157 valence electrons. The monoisotopic (exact) mass is 427 g/mol. The van der Waals surface area contributed by atoms with Gasteiger partial charge in [-0.25, -0.2) is 0 Å². The number of nitro groups is 2. The third-order valence-electron chi connectivity index (χ3n) is 4.46. The molecule has 0 aromatic carbocycles. The Hall–Kier alpha value is -0.934. The van der Waals surface area contributed by atoms with E-state index < -0.39 is 11.1 Å². The molecule has 2 bridgehead atoms. The van der Waals surface area contributed by atoms with Crippen LogP contribution in [0.1, 0.15) is 0 Å². The standard InChI is InChI=1S/C14H24N8O4.Co/c23-21(24)13-7-15-1-2-16-8-14(22(25)26,11-19-5-3-17-9-13)12-20-6-4-18-10-13;/h1-12H2;/q-6;+2. The van der Waals surface area contributed by atoms with Gasteiger partial charge in [0.05, 0.1) is 0 Å². The molecule has 0 aromatic heterocycles. The average Bonchev–Trinajstić information content (AvgIpc) is 2.61. The first-order chi connectivity index (χ1) is 12.5. The van der Waals surface area contributed by atoms with Crippen molar-refractivity contribution in [3.05, 3.63) is 52.1 Å². The summed E-state index contributed by atoms with van der Waals surface area (Å²) in [5.74, 6) is 0. The number of fused-ring (bicyclic) bond motifs is 15. The van der Waals surface area contributed by atoms with Gasteiger partial charge < -0.3 is 31.9 Å². The van der Waals surface area contributed by atoms with Crippen molar-refractivity contribution in [2.75, 3.05) is 78.5 Å². The van der Waals surface area contributed by atoms with Crippen LogP contribution in [-0.4, -0.2) is 99.5 Å². The van der Waals surface area contributed by atoms with Gasteiger partial charge in [0.15, 0.2) is 11.1 Å². The van der Waals surface area contributed by atoms with Gasteiger partial charge in [0.1, 0.15) is 0 Å². The molecule has 1 radical (unpaired) electrons. The van der Waals surface area contributed by atoms with Gasteiger partial charge in [0, 0.05) is 9.85 Å². The first kappa shape index (κ1) is 24.1. The maximum Gasteiger partial charge on any atom is 2.00 e. The van der Waals surface area contributed by atoms with Gasteiger partial charge in [-0.1, -0.05) is 39.3 Å². The minimum atomic E-state index is -1.35. The van der Waals surface area contributed by atoms with Gasteiger partial charge >= 0.3 is 16.8 Å². The van der Waals surface area contributed by atoms with Crippen molar-refractivity contribution in [3.63, 3.8) is 0 Å². The molecule has 3 heterocycles. The largest absolute Gasteiger partial charge is 2.00 e. The molecule has 0 N–H and O–H groups in total. The van der Waals surface area contributed by atoms with E-state index in [2.05, 4.69) is 31.9 Å². The molecule has 0 spiro atoms. The zero-order chi connectivity index (χ0) is 18.9. The fourth-order valence-electron chi connectivity index (χ4n) is 2.79. The van der Waals surface area contributed by atoms with Crippen LogP contribution >= 0.6 is 0 Å². The molecule has 3 rings (SSSR count). The number of rotatable bonds is 2. The van der Waals surface area contributed by atoms with Gasteiger partial charge in [-0.3, -0.25) is 20.2 Å². The van der Waals surface area contributed by atoms with Gasteiger partial charge in [-0.05, 0) is 0 Å². The molecule has 3 aliphatic rings. The summed E-state index contributed by atoms with van der Waals surface area (Å²) in [5.41, 5.74) is -2.70. The molecule has 27 heavy (non-hydrogen) atoms. The van der Waals surface area contributed by atoms with E-state index in [9.17, 15) is 20.2 Å². The Morgan fingerprint density at radius 3 is 0.852 bits per heavy atom. The van der Waals surface area contributed by atoms with E-state index in [1.807, 2.05) is 0 Å². The maximum atomic E-state index is 11.7. The second-order valence-corrected chi connectivity index (χ2v) is 6.59. The Bertz CT molecular complexity index is 398. The van der Waals surface area contributed by atoms with Crippen LogP contribution < -0.4 is 0 Å². The van der Waals surface area contributed by atoms with E-state index >= 15 is 0 Å². The van der Waals surface area contributed by atoms with Crippen molar-refractivity contribution >= 4 is 0 Å². The second-order valence-electron chi connectivity index (χ2n) is 6.59. The van der Waals surface area contributed by atoms with E-state index in [-0.39, 0.29) is 105 Å². The fraction of sp³-hybridized carbons (Fsp3) is 1.00. The van der Waals surface area contributed by atoms with E-state index in [4.69, 9.17) is 0 Å². The van der Waals surface area contributed by atoms with Gasteiger partial charge in [0.25, 0.3) is 0 Å². The normalized spacial score (nSPS) is 31.9. The van der Waals surface area contributed by atoms with Crippen molar-refractivity contribution in [1.82, 2.24) is 0 Å². The molecule has 0 saturated carbocycles. The van der Waals surface area contributed by atoms with Crippen LogP contribution in [0.25, 0.3) is 31.9 Å². The second kappa shape index (κ2) is 11.8. The predicted octanol–water partition coefficient (Wildman–Crippen LogP) is 1.28. The summed E-state index contributed by atoms with van der Waals surface area (Å²) in [4.78, 5) is 22.7. The molecule has 3 aliphatic heterocycles. The number of nitrogens with zero attached hydrogens (tertiary/aromatic N) is 8. The first-order valence-corrected chi connectivity index (χ1v) is 8.59. The van der Waals surface area contributed by atoms with E-state index in [1.54, 1.807) is 0 Å². The van der Waals surface area contributed by atoms with Crippen LogP contribution in [0.15, 0.2) is 0 Å². The van der Waals surface area contributed by atoms with Gasteiger partial charge in [-0.2, -0.15) is 39.3 Å². The van der Waals surface area contributed by atoms with E-state index in [0.717, 1.165) is 0 Å². The Kier molecular flexibility index (Phi) is 10.5. The van der Waals surface area contributed by atoms with Gasteiger partial charge in [-0.15, -0.1) is 0 Å². The summed E-state index contributed by atoms with van der Waals surface area (Å²) in [6.45, 7) is 1.64. The molecule has 13 heteroatoms. The molecule has 0 atom stereocenters. The van der Waals surface area contributed by atoms with Crippen LogP contribution in [0.2, 0.25) is 0 Å². The van der Waals surface area contributed by atoms with Crippen molar-refractivity contribution in [1.29, 1.82) is 0 Å². The Balaban J connectivity index is 0.00000364. The third-order valence-corrected chi connectivity index (χ3v) is 4.46. The number of hydrogen-bond acceptors (Lipinski definition) is 4. The molecule has 12 nitrogen and oxygen atoms in total. The minimum absolute atomic E-state index is 0. The van der Waals surface area contributed by atoms with Gasteiger partial charge in [0.2, 0.25) is 0 Å². The van der Waals surface area contributed by atoms with Crippen LogP contribution in [0, 0.1) is 20.2 Å². The van der Waals surface area contributed by atoms with Crippen molar-refractivity contribution < 1.29 is 26.6 Å². The Morgan fingerprint density at radius 2 is 0.704 bits per heavy atom. The van der Waals surface area contributed by atoms with Crippen LogP contribution in [0.5, 0.6) is 0 Å². The third kappa shape index (κ3) is 6.87. The summed E-state index contributed by atoms with van der Waals surface area (Å²) in [5, 5.41) is 48.9. The number of hydrogen-bond donors (Lipinski definition) is 0. The molecule has 0 aliphatic carbocycles. The first-order valence-electron chi connectivity index (χ1n) is 8.59. The SMILES string of the molecule is O=[N+]([O-])C12C[N-]CC[N-]CC([N+](=O)[O-])(C[N-]CC[N-]C1)C[N-]CC[N-]C2.[Co+2]. The summed E-state index contributed by atoms with van der Waals surface area (Å²) < 4.78 is 0. The molecule has 3 fully saturated rings.